The van der Waals surface area contributed by atoms with E-state index < -0.39 is 4.92 Å². The first kappa shape index (κ1) is 16.7. The van der Waals surface area contributed by atoms with Crippen molar-refractivity contribution >= 4 is 29.3 Å². The number of nitrogens with one attached hydrogen (secondary N) is 1. The lowest BCUT2D eigenvalue weighted by molar-refractivity contribution is -0.385. The van der Waals surface area contributed by atoms with E-state index in [1.165, 1.54) is 18.2 Å². The number of benzene rings is 2. The molecule has 0 aliphatic carbocycles. The minimum Gasteiger partial charge on any atom is -0.352 e. The van der Waals surface area contributed by atoms with E-state index in [4.69, 9.17) is 11.6 Å². The molecule has 1 N–H and O–H groups in total. The van der Waals surface area contributed by atoms with Crippen LogP contribution >= 0.6 is 11.6 Å². The molecule has 2 aromatic carbocycles. The second kappa shape index (κ2) is 8.10. The topological polar surface area (TPSA) is 72.2 Å². The molecule has 0 atom stereocenters. The minimum absolute atomic E-state index is 0.0320. The quantitative estimate of drug-likeness (QED) is 0.499. The first-order chi connectivity index (χ1) is 11.1. The van der Waals surface area contributed by atoms with Crippen molar-refractivity contribution in [2.24, 2.45) is 0 Å². The first-order valence-electron chi connectivity index (χ1n) is 7.00. The number of halogens is 1. The fourth-order valence-corrected chi connectivity index (χ4v) is 2.25. The molecule has 0 unspecified atom stereocenters. The summed E-state index contributed by atoms with van der Waals surface area (Å²) in [6, 6.07) is 13.7. The van der Waals surface area contributed by atoms with E-state index in [0.29, 0.717) is 23.6 Å². The highest BCUT2D eigenvalue weighted by atomic mass is 35.5. The van der Waals surface area contributed by atoms with E-state index in [-0.39, 0.29) is 11.6 Å². The summed E-state index contributed by atoms with van der Waals surface area (Å²) >= 11 is 5.89. The molecule has 0 saturated carbocycles. The van der Waals surface area contributed by atoms with Crippen molar-refractivity contribution in [3.63, 3.8) is 0 Å². The van der Waals surface area contributed by atoms with E-state index in [1.807, 2.05) is 18.2 Å². The number of hydrogen-bond acceptors (Lipinski definition) is 3. The summed E-state index contributed by atoms with van der Waals surface area (Å²) in [5, 5.41) is 14.3. The van der Waals surface area contributed by atoms with Crippen molar-refractivity contribution in [3.8, 4) is 0 Å². The molecular weight excluding hydrogens is 316 g/mol. The normalized spacial score (nSPS) is 10.7. The maximum Gasteiger partial charge on any atom is 0.276 e. The highest BCUT2D eigenvalue weighted by Gasteiger charge is 2.09. The maximum atomic E-state index is 11.8. The molecule has 2 rings (SSSR count). The summed E-state index contributed by atoms with van der Waals surface area (Å²) in [7, 11) is 0. The van der Waals surface area contributed by atoms with Crippen LogP contribution in [0.5, 0.6) is 0 Å². The van der Waals surface area contributed by atoms with Crippen LogP contribution in [0.4, 0.5) is 5.69 Å². The zero-order valence-electron chi connectivity index (χ0n) is 12.2. The Morgan fingerprint density at radius 3 is 2.74 bits per heavy atom. The molecule has 6 heteroatoms. The number of rotatable bonds is 6. The molecule has 2 aromatic rings. The van der Waals surface area contributed by atoms with Gasteiger partial charge in [-0.05, 0) is 36.3 Å². The number of nitro groups is 1. The highest BCUT2D eigenvalue weighted by Crippen LogP contribution is 2.18. The number of hydrogen-bond donors (Lipinski definition) is 1. The second-order valence-corrected chi connectivity index (χ2v) is 5.26. The lowest BCUT2D eigenvalue weighted by atomic mass is 10.1. The van der Waals surface area contributed by atoms with Gasteiger partial charge in [0, 0.05) is 23.7 Å². The summed E-state index contributed by atoms with van der Waals surface area (Å²) in [5.41, 5.74) is 1.39. The Morgan fingerprint density at radius 2 is 2.00 bits per heavy atom. The van der Waals surface area contributed by atoms with Gasteiger partial charge in [-0.1, -0.05) is 35.9 Å². The predicted octanol–water partition coefficient (Wildman–Crippen LogP) is 3.62. The summed E-state index contributed by atoms with van der Waals surface area (Å²) in [6.45, 7) is 0.459. The van der Waals surface area contributed by atoms with Gasteiger partial charge in [0.05, 0.1) is 10.5 Å². The second-order valence-electron chi connectivity index (χ2n) is 4.82. The standard InChI is InChI=1S/C17H15ClN2O3/c18-15-6-3-4-13(12-15)10-11-19-17(21)9-8-14-5-1-2-7-16(14)20(22)23/h1-9,12H,10-11H2,(H,19,21)/b9-8+. The van der Waals surface area contributed by atoms with Gasteiger partial charge < -0.3 is 5.32 Å². The van der Waals surface area contributed by atoms with Gasteiger partial charge >= 0.3 is 0 Å². The third-order valence-corrected chi connectivity index (χ3v) is 3.38. The van der Waals surface area contributed by atoms with Crippen molar-refractivity contribution in [2.45, 2.75) is 6.42 Å². The van der Waals surface area contributed by atoms with Crippen LogP contribution in [0.3, 0.4) is 0 Å². The van der Waals surface area contributed by atoms with Crippen molar-refractivity contribution in [2.75, 3.05) is 6.54 Å². The largest absolute Gasteiger partial charge is 0.352 e. The molecular formula is C17H15ClN2O3. The molecule has 1 amide bonds. The van der Waals surface area contributed by atoms with E-state index in [0.717, 1.165) is 5.56 Å². The van der Waals surface area contributed by atoms with Gasteiger partial charge in [0.25, 0.3) is 5.69 Å². The molecule has 0 aliphatic heterocycles. The monoisotopic (exact) mass is 330 g/mol. The molecule has 0 aliphatic rings. The molecule has 118 valence electrons. The van der Waals surface area contributed by atoms with Crippen LogP contribution in [0.1, 0.15) is 11.1 Å². The molecule has 0 heterocycles. The fourth-order valence-electron chi connectivity index (χ4n) is 2.04. The van der Waals surface area contributed by atoms with Crippen LogP contribution in [0.15, 0.2) is 54.6 Å². The van der Waals surface area contributed by atoms with Gasteiger partial charge in [0.2, 0.25) is 5.91 Å². The Kier molecular flexibility index (Phi) is 5.88. The molecule has 0 bridgehead atoms. The van der Waals surface area contributed by atoms with Gasteiger partial charge in [0.15, 0.2) is 0 Å². The molecule has 0 saturated heterocycles. The number of nitro benzene ring substituents is 1. The average Bonchev–Trinajstić information content (AvgIpc) is 2.53. The van der Waals surface area contributed by atoms with Crippen molar-refractivity contribution in [1.29, 1.82) is 0 Å². The number of nitrogens with zero attached hydrogens (tertiary/aromatic N) is 1. The number of carbonyl (C=O) groups excluding carboxylic acids is 1. The van der Waals surface area contributed by atoms with Gasteiger partial charge in [-0.25, -0.2) is 0 Å². The summed E-state index contributed by atoms with van der Waals surface area (Å²) in [6.07, 6.45) is 3.39. The van der Waals surface area contributed by atoms with Crippen molar-refractivity contribution < 1.29 is 9.72 Å². The Balaban J connectivity index is 1.89. The zero-order valence-corrected chi connectivity index (χ0v) is 13.0. The van der Waals surface area contributed by atoms with E-state index in [1.54, 1.807) is 24.3 Å². The molecule has 23 heavy (non-hydrogen) atoms. The predicted molar refractivity (Wildman–Crippen MR) is 90.3 cm³/mol. The fraction of sp³-hybridized carbons (Fsp3) is 0.118. The molecule has 0 radical (unpaired) electrons. The Labute approximate surface area is 138 Å². The average molecular weight is 331 g/mol. The molecule has 0 aromatic heterocycles. The SMILES string of the molecule is O=C(/C=C/c1ccccc1[N+](=O)[O-])NCCc1cccc(Cl)c1. The smallest absolute Gasteiger partial charge is 0.276 e. The maximum absolute atomic E-state index is 11.8. The lowest BCUT2D eigenvalue weighted by Gasteiger charge is -2.03. The number of para-hydroxylation sites is 1. The van der Waals surface area contributed by atoms with Gasteiger partial charge in [0.1, 0.15) is 0 Å². The molecule has 0 fully saturated rings. The molecule has 5 nitrogen and oxygen atoms in total. The van der Waals surface area contributed by atoms with E-state index in [9.17, 15) is 14.9 Å². The number of carbonyl (C=O) groups is 1. The van der Waals surface area contributed by atoms with Crippen LogP contribution in [0, 0.1) is 10.1 Å². The zero-order chi connectivity index (χ0) is 16.7. The van der Waals surface area contributed by atoms with Crippen molar-refractivity contribution in [1.82, 2.24) is 5.32 Å². The van der Waals surface area contributed by atoms with E-state index >= 15 is 0 Å². The van der Waals surface area contributed by atoms with Crippen LogP contribution in [0.2, 0.25) is 5.02 Å². The van der Waals surface area contributed by atoms with Gasteiger partial charge in [-0.3, -0.25) is 14.9 Å². The van der Waals surface area contributed by atoms with Gasteiger partial charge in [-0.2, -0.15) is 0 Å². The summed E-state index contributed by atoms with van der Waals surface area (Å²) in [4.78, 5) is 22.2. The minimum atomic E-state index is -0.475. The van der Waals surface area contributed by atoms with Crippen LogP contribution in [-0.2, 0) is 11.2 Å². The van der Waals surface area contributed by atoms with Crippen LogP contribution < -0.4 is 5.32 Å². The summed E-state index contributed by atoms with van der Waals surface area (Å²) in [5.74, 6) is -0.301. The Bertz CT molecular complexity index is 744. The Hall–Kier alpha value is -2.66. The van der Waals surface area contributed by atoms with Crippen molar-refractivity contribution in [3.05, 3.63) is 80.9 Å². The third-order valence-electron chi connectivity index (χ3n) is 3.15. The summed E-state index contributed by atoms with van der Waals surface area (Å²) < 4.78 is 0. The number of amides is 1. The Morgan fingerprint density at radius 1 is 1.22 bits per heavy atom. The van der Waals surface area contributed by atoms with E-state index in [2.05, 4.69) is 5.32 Å². The first-order valence-corrected chi connectivity index (χ1v) is 7.38. The highest BCUT2D eigenvalue weighted by molar-refractivity contribution is 6.30. The van der Waals surface area contributed by atoms with Crippen LogP contribution in [-0.4, -0.2) is 17.4 Å². The third kappa shape index (κ3) is 5.23. The van der Waals surface area contributed by atoms with Gasteiger partial charge in [-0.15, -0.1) is 0 Å². The molecule has 0 spiro atoms. The van der Waals surface area contributed by atoms with Crippen LogP contribution in [0.25, 0.3) is 6.08 Å². The lowest BCUT2D eigenvalue weighted by Crippen LogP contribution is -2.23.